The van der Waals surface area contributed by atoms with Gasteiger partial charge < -0.3 is 9.15 Å². The molecular formula is C26H27N3O3. The molecule has 2 aromatic heterocycles. The van der Waals surface area contributed by atoms with Crippen molar-refractivity contribution >= 4 is 27.8 Å². The quantitative estimate of drug-likeness (QED) is 0.223. The van der Waals surface area contributed by atoms with Crippen LogP contribution in [0, 0.1) is 12.8 Å². The molecule has 0 spiro atoms. The van der Waals surface area contributed by atoms with Crippen LogP contribution in [0.5, 0.6) is 11.6 Å². The van der Waals surface area contributed by atoms with Crippen LogP contribution in [0.25, 0.3) is 21.9 Å². The fraction of sp³-hybridized carbons (Fsp3) is 0.308. The van der Waals surface area contributed by atoms with E-state index in [1.807, 2.05) is 61.5 Å². The number of aromatic nitrogens is 1. The van der Waals surface area contributed by atoms with E-state index in [1.165, 1.54) is 0 Å². The topological polar surface area (TPSA) is 79.9 Å². The zero-order valence-electron chi connectivity index (χ0n) is 18.3. The van der Waals surface area contributed by atoms with E-state index in [4.69, 9.17) is 14.1 Å². The fourth-order valence-electron chi connectivity index (χ4n) is 4.38. The van der Waals surface area contributed by atoms with Crippen molar-refractivity contribution in [3.8, 4) is 11.6 Å². The molecule has 32 heavy (non-hydrogen) atoms. The number of benzene rings is 2. The predicted octanol–water partition coefficient (Wildman–Crippen LogP) is 6.39. The van der Waals surface area contributed by atoms with Gasteiger partial charge in [0.1, 0.15) is 16.9 Å². The van der Waals surface area contributed by atoms with Crippen molar-refractivity contribution in [1.82, 2.24) is 10.5 Å². The number of aryl methyl sites for hydroxylation is 1. The molecule has 2 aromatic carbocycles. The van der Waals surface area contributed by atoms with Crippen molar-refractivity contribution in [2.45, 2.75) is 45.6 Å². The first kappa shape index (κ1) is 20.5. The van der Waals surface area contributed by atoms with Gasteiger partial charge in [0.2, 0.25) is 5.88 Å². The summed E-state index contributed by atoms with van der Waals surface area (Å²) in [4.78, 5) is 9.39. The Balaban J connectivity index is 1.50. The summed E-state index contributed by atoms with van der Waals surface area (Å²) in [6.07, 6.45) is 4.35. The highest BCUT2D eigenvalue weighted by molar-refractivity contribution is 6.05. The van der Waals surface area contributed by atoms with Crippen LogP contribution in [0.4, 0.5) is 0 Å². The van der Waals surface area contributed by atoms with Crippen LogP contribution >= 0.6 is 0 Å². The molecule has 0 amide bonds. The Kier molecular flexibility index (Phi) is 5.53. The molecule has 1 fully saturated rings. The summed E-state index contributed by atoms with van der Waals surface area (Å²) in [5, 5.41) is 11.9. The number of nitrogens with zero attached hydrogens (tertiary/aromatic N) is 2. The van der Waals surface area contributed by atoms with Gasteiger partial charge in [-0.2, -0.15) is 0 Å². The summed E-state index contributed by atoms with van der Waals surface area (Å²) in [7, 11) is 0. The lowest BCUT2D eigenvalue weighted by Crippen LogP contribution is -2.26. The van der Waals surface area contributed by atoms with Crippen molar-refractivity contribution in [3.05, 3.63) is 65.9 Å². The average molecular weight is 430 g/mol. The lowest BCUT2D eigenvalue weighted by Gasteiger charge is -2.24. The average Bonchev–Trinajstić information content (AvgIpc) is 3.17. The minimum atomic E-state index is 0.184. The number of furan rings is 1. The molecule has 0 bridgehead atoms. The third-order valence-corrected chi connectivity index (χ3v) is 6.22. The summed E-state index contributed by atoms with van der Waals surface area (Å²) in [6.45, 7) is 4.19. The van der Waals surface area contributed by atoms with E-state index >= 15 is 0 Å². The number of rotatable bonds is 4. The largest absolute Gasteiger partial charge is 0.456 e. The Hall–Kier alpha value is -3.38. The second-order valence-electron chi connectivity index (χ2n) is 8.67. The number of para-hydroxylation sites is 1. The number of pyridine rings is 1. The van der Waals surface area contributed by atoms with Crippen LogP contribution in [0.1, 0.15) is 43.9 Å². The summed E-state index contributed by atoms with van der Waals surface area (Å²) in [5.74, 6) is 2.18. The molecule has 6 heteroatoms. The number of hydrogen-bond donors (Lipinski definition) is 2. The van der Waals surface area contributed by atoms with E-state index in [0.29, 0.717) is 23.0 Å². The first-order valence-corrected chi connectivity index (χ1v) is 11.2. The van der Waals surface area contributed by atoms with Crippen molar-refractivity contribution in [1.29, 1.82) is 0 Å². The molecule has 6 nitrogen and oxygen atoms in total. The molecule has 2 heterocycles. The number of amidine groups is 1. The van der Waals surface area contributed by atoms with Crippen molar-refractivity contribution < 1.29 is 14.4 Å². The van der Waals surface area contributed by atoms with Gasteiger partial charge in [-0.3, -0.25) is 15.7 Å². The summed E-state index contributed by atoms with van der Waals surface area (Å²) in [5.41, 5.74) is 5.39. The second-order valence-corrected chi connectivity index (χ2v) is 8.67. The maximum Gasteiger partial charge on any atom is 0.230 e. The van der Waals surface area contributed by atoms with Gasteiger partial charge in [0.05, 0.1) is 11.6 Å². The standard InChI is InChI=1S/C26H27N3O3/c1-16-7-10-18(11-8-16)28-25(29-30)21-13-9-17(2)27-26(21)31-19-12-14-24-22(15-19)20-5-3-4-6-23(20)32-24/h3-6,9,12-16,18,30H,7-8,10-11H2,1-2H3,(H,28,29). The van der Waals surface area contributed by atoms with Crippen molar-refractivity contribution in [2.75, 3.05) is 0 Å². The molecular weight excluding hydrogens is 402 g/mol. The van der Waals surface area contributed by atoms with E-state index < -0.39 is 0 Å². The Morgan fingerprint density at radius 2 is 1.81 bits per heavy atom. The third kappa shape index (κ3) is 4.06. The molecule has 1 aliphatic rings. The lowest BCUT2D eigenvalue weighted by atomic mass is 9.88. The van der Waals surface area contributed by atoms with E-state index in [-0.39, 0.29) is 6.04 Å². The molecule has 1 aliphatic carbocycles. The van der Waals surface area contributed by atoms with Gasteiger partial charge in [0.15, 0.2) is 5.84 Å². The molecule has 164 valence electrons. The highest BCUT2D eigenvalue weighted by Gasteiger charge is 2.20. The number of aliphatic imine (C=N–C) groups is 1. The fourth-order valence-corrected chi connectivity index (χ4v) is 4.38. The Morgan fingerprint density at radius 1 is 1.03 bits per heavy atom. The molecule has 0 aliphatic heterocycles. The summed E-state index contributed by atoms with van der Waals surface area (Å²) < 4.78 is 12.1. The van der Waals surface area contributed by atoms with Gasteiger partial charge in [0.25, 0.3) is 0 Å². The minimum absolute atomic E-state index is 0.184. The lowest BCUT2D eigenvalue weighted by molar-refractivity contribution is 0.232. The van der Waals surface area contributed by atoms with Crippen LogP contribution in [-0.2, 0) is 0 Å². The number of fused-ring (bicyclic) bond motifs is 3. The van der Waals surface area contributed by atoms with Crippen LogP contribution < -0.4 is 10.2 Å². The van der Waals surface area contributed by atoms with Crippen LogP contribution in [0.2, 0.25) is 0 Å². The number of ether oxygens (including phenoxy) is 1. The first-order valence-electron chi connectivity index (χ1n) is 11.2. The predicted molar refractivity (Wildman–Crippen MR) is 126 cm³/mol. The minimum Gasteiger partial charge on any atom is -0.456 e. The van der Waals surface area contributed by atoms with Crippen LogP contribution in [0.3, 0.4) is 0 Å². The van der Waals surface area contributed by atoms with Crippen molar-refractivity contribution in [3.63, 3.8) is 0 Å². The van der Waals surface area contributed by atoms with Crippen molar-refractivity contribution in [2.24, 2.45) is 10.9 Å². The molecule has 5 rings (SSSR count). The molecule has 0 atom stereocenters. The highest BCUT2D eigenvalue weighted by atomic mass is 16.5. The van der Waals surface area contributed by atoms with E-state index in [2.05, 4.69) is 17.4 Å². The molecule has 0 unspecified atom stereocenters. The van der Waals surface area contributed by atoms with Crippen LogP contribution in [-0.4, -0.2) is 22.1 Å². The van der Waals surface area contributed by atoms with Gasteiger partial charge in [0, 0.05) is 16.5 Å². The maximum atomic E-state index is 9.88. The van der Waals surface area contributed by atoms with Gasteiger partial charge in [-0.05, 0) is 74.9 Å². The summed E-state index contributed by atoms with van der Waals surface area (Å²) >= 11 is 0. The monoisotopic (exact) mass is 429 g/mol. The molecule has 1 saturated carbocycles. The molecule has 0 radical (unpaired) electrons. The zero-order valence-corrected chi connectivity index (χ0v) is 18.3. The Morgan fingerprint density at radius 3 is 2.62 bits per heavy atom. The van der Waals surface area contributed by atoms with E-state index in [1.54, 1.807) is 0 Å². The number of hydrogen-bond acceptors (Lipinski definition) is 5. The van der Waals surface area contributed by atoms with E-state index in [9.17, 15) is 5.21 Å². The number of nitrogens with one attached hydrogen (secondary N) is 1. The first-order chi connectivity index (χ1) is 15.6. The van der Waals surface area contributed by atoms with Gasteiger partial charge in [-0.15, -0.1) is 0 Å². The van der Waals surface area contributed by atoms with E-state index in [0.717, 1.165) is 59.2 Å². The highest BCUT2D eigenvalue weighted by Crippen LogP contribution is 2.33. The summed E-state index contributed by atoms with van der Waals surface area (Å²) in [6, 6.07) is 17.6. The SMILES string of the molecule is Cc1ccc(C(=NC2CCC(C)CC2)NO)c(Oc2ccc3oc4ccccc4c3c2)n1. The Bertz CT molecular complexity index is 1290. The molecule has 0 saturated heterocycles. The van der Waals surface area contributed by atoms with Crippen LogP contribution in [0.15, 0.2) is 64.0 Å². The Labute approximate surface area is 186 Å². The molecule has 2 N–H and O–H groups in total. The molecule has 4 aromatic rings. The maximum absolute atomic E-state index is 9.88. The zero-order chi connectivity index (χ0) is 22.1. The van der Waals surface area contributed by atoms with Gasteiger partial charge in [-0.25, -0.2) is 4.98 Å². The number of hydroxylamine groups is 1. The third-order valence-electron chi connectivity index (χ3n) is 6.22. The van der Waals surface area contributed by atoms with Gasteiger partial charge >= 0.3 is 0 Å². The smallest absolute Gasteiger partial charge is 0.230 e. The normalized spacial score (nSPS) is 19.4. The van der Waals surface area contributed by atoms with Gasteiger partial charge in [-0.1, -0.05) is 25.1 Å². The second kappa shape index (κ2) is 8.63.